The van der Waals surface area contributed by atoms with E-state index in [2.05, 4.69) is 10.4 Å². The van der Waals surface area contributed by atoms with Crippen LogP contribution in [0.1, 0.15) is 38.7 Å². The number of anilines is 1. The number of nitrogen functional groups attached to an aromatic ring is 1. The number of hydrogen-bond acceptors (Lipinski definition) is 6. The highest BCUT2D eigenvalue weighted by atomic mass is 19.1. The molecule has 0 radical (unpaired) electrons. The number of nitrogens with one attached hydrogen (secondary N) is 1. The molecule has 3 aromatic rings. The summed E-state index contributed by atoms with van der Waals surface area (Å²) in [6.45, 7) is 0.601. The van der Waals surface area contributed by atoms with Crippen LogP contribution in [0.4, 0.5) is 10.2 Å². The Bertz CT molecular complexity index is 1190. The molecule has 2 atom stereocenters. The number of aromatic nitrogens is 2. The van der Waals surface area contributed by atoms with Gasteiger partial charge in [-0.1, -0.05) is 36.4 Å². The number of nitrogens with two attached hydrogens (primary N) is 2. The lowest BCUT2D eigenvalue weighted by Gasteiger charge is -2.27. The molecule has 2 aromatic carbocycles. The van der Waals surface area contributed by atoms with Gasteiger partial charge in [0.15, 0.2) is 0 Å². The van der Waals surface area contributed by atoms with Crippen LogP contribution in [-0.4, -0.2) is 48.1 Å². The molecule has 0 bridgehead atoms. The van der Waals surface area contributed by atoms with Gasteiger partial charge >= 0.3 is 0 Å². The summed E-state index contributed by atoms with van der Waals surface area (Å²) < 4.78 is 26.1. The molecule has 2 heterocycles. The zero-order valence-corrected chi connectivity index (χ0v) is 18.7. The van der Waals surface area contributed by atoms with Crippen molar-refractivity contribution in [1.82, 2.24) is 15.1 Å². The van der Waals surface area contributed by atoms with Crippen molar-refractivity contribution in [2.24, 2.45) is 5.73 Å². The van der Waals surface area contributed by atoms with Gasteiger partial charge in [-0.2, -0.15) is 5.10 Å². The van der Waals surface area contributed by atoms with Crippen LogP contribution >= 0.6 is 0 Å². The van der Waals surface area contributed by atoms with Crippen molar-refractivity contribution in [3.63, 3.8) is 0 Å². The van der Waals surface area contributed by atoms with E-state index < -0.39 is 18.1 Å². The first-order valence-corrected chi connectivity index (χ1v) is 10.8. The Morgan fingerprint density at radius 2 is 1.97 bits per heavy atom. The smallest absolute Gasteiger partial charge is 0.255 e. The van der Waals surface area contributed by atoms with Crippen LogP contribution in [0.5, 0.6) is 5.75 Å². The number of ether oxygens (including phenoxy) is 2. The number of hydrogen-bond donors (Lipinski definition) is 3. The Morgan fingerprint density at radius 3 is 2.65 bits per heavy atom. The van der Waals surface area contributed by atoms with Crippen molar-refractivity contribution < 1.29 is 23.5 Å². The summed E-state index contributed by atoms with van der Waals surface area (Å²) in [6, 6.07) is 13.4. The zero-order chi connectivity index (χ0) is 24.2. The lowest BCUT2D eigenvalue weighted by molar-refractivity contribution is 0.000592. The molecule has 1 aliphatic heterocycles. The van der Waals surface area contributed by atoms with E-state index in [-0.39, 0.29) is 36.1 Å². The molecule has 0 aliphatic carbocycles. The number of alkyl halides is 1. The van der Waals surface area contributed by atoms with Crippen LogP contribution in [0.2, 0.25) is 0 Å². The molecule has 0 spiro atoms. The van der Waals surface area contributed by atoms with Crippen LogP contribution in [0.3, 0.4) is 0 Å². The van der Waals surface area contributed by atoms with Crippen molar-refractivity contribution in [2.75, 3.05) is 26.1 Å². The number of primary amides is 1. The van der Waals surface area contributed by atoms with Crippen molar-refractivity contribution in [2.45, 2.75) is 25.2 Å². The molecule has 9 nitrogen and oxygen atoms in total. The average Bonchev–Trinajstić information content (AvgIpc) is 3.20. The molecule has 1 fully saturated rings. The molecular formula is C24H26FN5O4. The Labute approximate surface area is 195 Å². The molecule has 4 rings (SSSR count). The van der Waals surface area contributed by atoms with Gasteiger partial charge in [-0.15, -0.1) is 0 Å². The second-order valence-electron chi connectivity index (χ2n) is 7.94. The summed E-state index contributed by atoms with van der Waals surface area (Å²) in [6.07, 6.45) is -0.908. The maximum atomic E-state index is 14.4. The van der Waals surface area contributed by atoms with E-state index in [1.54, 1.807) is 48.5 Å². The van der Waals surface area contributed by atoms with Gasteiger partial charge in [0.25, 0.3) is 11.8 Å². The van der Waals surface area contributed by atoms with Gasteiger partial charge in [0.05, 0.1) is 25.3 Å². The highest BCUT2D eigenvalue weighted by Crippen LogP contribution is 2.33. The molecule has 1 aliphatic rings. The van der Waals surface area contributed by atoms with Crippen LogP contribution in [0, 0.1) is 0 Å². The van der Waals surface area contributed by atoms with Gasteiger partial charge in [-0.05, 0) is 24.1 Å². The molecule has 178 valence electrons. The summed E-state index contributed by atoms with van der Waals surface area (Å²) in [5.41, 5.74) is 13.9. The van der Waals surface area contributed by atoms with Crippen molar-refractivity contribution in [1.29, 1.82) is 0 Å². The fourth-order valence-electron chi connectivity index (χ4n) is 4.00. The number of methoxy groups -OCH3 is 1. The summed E-state index contributed by atoms with van der Waals surface area (Å²) in [7, 11) is 1.51. The summed E-state index contributed by atoms with van der Waals surface area (Å²) in [5, 5.41) is 7.30. The monoisotopic (exact) mass is 467 g/mol. The first-order chi connectivity index (χ1) is 16.4. The van der Waals surface area contributed by atoms with E-state index in [9.17, 15) is 14.0 Å². The molecule has 5 N–H and O–H groups in total. The molecule has 0 saturated carbocycles. The molecule has 10 heteroatoms. The minimum Gasteiger partial charge on any atom is -0.496 e. The van der Waals surface area contributed by atoms with E-state index >= 15 is 0 Å². The largest absolute Gasteiger partial charge is 0.496 e. The van der Waals surface area contributed by atoms with E-state index in [1.807, 2.05) is 0 Å². The standard InChI is InChI=1S/C24H26FN5O4/c1-33-19-5-3-2-4-16(19)24(32)28-12-14-6-8-15(9-7-14)21-20(23(27)31)22(26)30(29-21)18-10-11-34-13-17(18)25/h2-9,17-18H,10-13,26H2,1H3,(H2,27,31)(H,28,32). The van der Waals surface area contributed by atoms with Crippen LogP contribution in [0.25, 0.3) is 11.3 Å². The summed E-state index contributed by atoms with van der Waals surface area (Å²) in [4.78, 5) is 24.7. The number of benzene rings is 2. The highest BCUT2D eigenvalue weighted by Gasteiger charge is 2.32. The number of nitrogens with zero attached hydrogens (tertiary/aromatic N) is 2. The predicted molar refractivity (Wildman–Crippen MR) is 124 cm³/mol. The maximum Gasteiger partial charge on any atom is 0.255 e. The normalized spacial score (nSPS) is 17.8. The molecule has 2 amide bonds. The molecular weight excluding hydrogens is 441 g/mol. The first kappa shape index (κ1) is 23.2. The van der Waals surface area contributed by atoms with E-state index in [4.69, 9.17) is 20.9 Å². The van der Waals surface area contributed by atoms with Crippen LogP contribution in [-0.2, 0) is 11.3 Å². The van der Waals surface area contributed by atoms with Gasteiger partial charge in [0, 0.05) is 18.7 Å². The fourth-order valence-corrected chi connectivity index (χ4v) is 4.00. The maximum absolute atomic E-state index is 14.4. The Morgan fingerprint density at radius 1 is 1.24 bits per heavy atom. The topological polar surface area (TPSA) is 134 Å². The zero-order valence-electron chi connectivity index (χ0n) is 18.7. The van der Waals surface area contributed by atoms with Gasteiger partial charge in [-0.3, -0.25) is 9.59 Å². The van der Waals surface area contributed by atoms with Gasteiger partial charge in [0.1, 0.15) is 29.0 Å². The van der Waals surface area contributed by atoms with Crippen molar-refractivity contribution in [3.05, 3.63) is 65.2 Å². The first-order valence-electron chi connectivity index (χ1n) is 10.8. The number of amides is 2. The van der Waals surface area contributed by atoms with E-state index in [0.29, 0.717) is 29.9 Å². The highest BCUT2D eigenvalue weighted by molar-refractivity contribution is 6.03. The second-order valence-corrected chi connectivity index (χ2v) is 7.94. The molecule has 34 heavy (non-hydrogen) atoms. The minimum atomic E-state index is -1.29. The van der Waals surface area contributed by atoms with Gasteiger partial charge in [-0.25, -0.2) is 9.07 Å². The summed E-state index contributed by atoms with van der Waals surface area (Å²) in [5.74, 6) is -0.483. The second kappa shape index (κ2) is 9.92. The number of carbonyl (C=O) groups excluding carboxylic acids is 2. The number of para-hydroxylation sites is 1. The molecule has 1 saturated heterocycles. The quantitative estimate of drug-likeness (QED) is 0.489. The Kier molecular flexibility index (Phi) is 6.78. The predicted octanol–water partition coefficient (Wildman–Crippen LogP) is 2.47. The molecule has 2 unspecified atom stereocenters. The number of halogens is 1. The van der Waals surface area contributed by atoms with Crippen molar-refractivity contribution in [3.8, 4) is 17.0 Å². The lowest BCUT2D eigenvalue weighted by Crippen LogP contribution is -2.32. The number of rotatable bonds is 7. The van der Waals surface area contributed by atoms with Crippen LogP contribution in [0.15, 0.2) is 48.5 Å². The minimum absolute atomic E-state index is 0.0326. The average molecular weight is 468 g/mol. The number of carbonyl (C=O) groups is 2. The SMILES string of the molecule is COc1ccccc1C(=O)NCc1ccc(-c2nn(C3CCOCC3F)c(N)c2C(N)=O)cc1. The van der Waals surface area contributed by atoms with Crippen LogP contribution < -0.4 is 21.5 Å². The van der Waals surface area contributed by atoms with E-state index in [0.717, 1.165) is 5.56 Å². The third-order valence-electron chi connectivity index (χ3n) is 5.79. The fraction of sp³-hybridized carbons (Fsp3) is 0.292. The van der Waals surface area contributed by atoms with Crippen molar-refractivity contribution >= 4 is 17.6 Å². The third-order valence-corrected chi connectivity index (χ3v) is 5.79. The summed E-state index contributed by atoms with van der Waals surface area (Å²) >= 11 is 0. The Balaban J connectivity index is 1.54. The Hall–Kier alpha value is -3.92. The van der Waals surface area contributed by atoms with E-state index in [1.165, 1.54) is 11.8 Å². The van der Waals surface area contributed by atoms with Gasteiger partial charge < -0.3 is 26.3 Å². The lowest BCUT2D eigenvalue weighted by atomic mass is 10.0. The third kappa shape index (κ3) is 4.58. The molecule has 1 aromatic heterocycles. The van der Waals surface area contributed by atoms with Gasteiger partial charge in [0.2, 0.25) is 0 Å².